The number of hydrogen-bond donors (Lipinski definition) is 3. The summed E-state index contributed by atoms with van der Waals surface area (Å²) in [7, 11) is 0. The van der Waals surface area contributed by atoms with E-state index in [2.05, 4.69) is 15.5 Å². The summed E-state index contributed by atoms with van der Waals surface area (Å²) >= 11 is 0. The van der Waals surface area contributed by atoms with Gasteiger partial charge in [-0.25, -0.2) is 5.10 Å². The van der Waals surface area contributed by atoms with Gasteiger partial charge in [-0.15, -0.1) is 0 Å². The van der Waals surface area contributed by atoms with Crippen molar-refractivity contribution in [3.63, 3.8) is 0 Å². The number of phenols is 1. The molecular weight excluding hydrogens is 234 g/mol. The number of rotatable bonds is 3. The molecule has 0 bridgehead atoms. The van der Waals surface area contributed by atoms with Crippen molar-refractivity contribution >= 4 is 11.6 Å². The molecule has 18 heavy (non-hydrogen) atoms. The normalized spacial score (nSPS) is 10.0. The van der Waals surface area contributed by atoms with E-state index >= 15 is 0 Å². The quantitative estimate of drug-likeness (QED) is 0.740. The minimum atomic E-state index is -0.448. The summed E-state index contributed by atoms with van der Waals surface area (Å²) in [6.07, 6.45) is 1.51. The Balaban J connectivity index is 2.03. The van der Waals surface area contributed by atoms with Crippen LogP contribution in [0.5, 0.6) is 5.75 Å². The van der Waals surface area contributed by atoms with E-state index in [-0.39, 0.29) is 23.8 Å². The summed E-state index contributed by atoms with van der Waals surface area (Å²) in [4.78, 5) is 23.0. The molecule has 0 spiro atoms. The fourth-order valence-electron chi connectivity index (χ4n) is 1.44. The minimum Gasteiger partial charge on any atom is -0.508 e. The molecule has 0 aliphatic carbocycles. The fourth-order valence-corrected chi connectivity index (χ4v) is 1.44. The van der Waals surface area contributed by atoms with Crippen molar-refractivity contribution in [1.29, 1.82) is 0 Å². The largest absolute Gasteiger partial charge is 0.508 e. The molecule has 0 saturated heterocycles. The number of H-pyrrole nitrogens is 1. The third-order valence-corrected chi connectivity index (χ3v) is 2.30. The van der Waals surface area contributed by atoms with Gasteiger partial charge in [-0.1, -0.05) is 12.1 Å². The second-order valence-electron chi connectivity index (χ2n) is 3.69. The van der Waals surface area contributed by atoms with E-state index < -0.39 is 5.56 Å². The number of benzene rings is 1. The van der Waals surface area contributed by atoms with Gasteiger partial charge in [-0.05, 0) is 23.8 Å². The SMILES string of the molecule is O=C(Cc1ccc(O)cc1)Nc1ccn[nH]c1=O. The number of aromatic hydroxyl groups is 1. The van der Waals surface area contributed by atoms with Crippen LogP contribution in [-0.4, -0.2) is 21.2 Å². The van der Waals surface area contributed by atoms with Gasteiger partial charge in [0.2, 0.25) is 5.91 Å². The molecule has 0 unspecified atom stereocenters. The molecule has 0 aliphatic heterocycles. The van der Waals surface area contributed by atoms with Gasteiger partial charge in [-0.2, -0.15) is 5.10 Å². The Bertz CT molecular complexity index is 604. The highest BCUT2D eigenvalue weighted by Gasteiger charge is 2.06. The number of nitrogens with one attached hydrogen (secondary N) is 2. The molecule has 2 aromatic rings. The number of nitrogens with zero attached hydrogens (tertiary/aromatic N) is 1. The number of amides is 1. The zero-order chi connectivity index (χ0) is 13.0. The van der Waals surface area contributed by atoms with E-state index in [1.54, 1.807) is 12.1 Å². The van der Waals surface area contributed by atoms with E-state index in [4.69, 9.17) is 5.11 Å². The number of carbonyl (C=O) groups excluding carboxylic acids is 1. The zero-order valence-corrected chi connectivity index (χ0v) is 9.38. The average molecular weight is 245 g/mol. The van der Waals surface area contributed by atoms with E-state index in [9.17, 15) is 9.59 Å². The summed E-state index contributed by atoms with van der Waals surface area (Å²) in [5.74, 6) is -0.165. The molecule has 6 heteroatoms. The first-order valence-corrected chi connectivity index (χ1v) is 5.26. The number of phenolic OH excluding ortho intramolecular Hbond substituents is 1. The Morgan fingerprint density at radius 1 is 1.28 bits per heavy atom. The molecule has 2 rings (SSSR count). The van der Waals surface area contributed by atoms with Gasteiger partial charge in [0.05, 0.1) is 6.42 Å². The van der Waals surface area contributed by atoms with Gasteiger partial charge in [0.1, 0.15) is 11.4 Å². The molecule has 6 nitrogen and oxygen atoms in total. The number of aromatic nitrogens is 2. The second-order valence-corrected chi connectivity index (χ2v) is 3.69. The first-order chi connectivity index (χ1) is 8.65. The summed E-state index contributed by atoms with van der Waals surface area (Å²) in [5, 5.41) is 17.4. The monoisotopic (exact) mass is 245 g/mol. The highest BCUT2D eigenvalue weighted by molar-refractivity contribution is 5.91. The number of aromatic amines is 1. The predicted molar refractivity (Wildman–Crippen MR) is 65.3 cm³/mol. The molecule has 1 aromatic heterocycles. The summed E-state index contributed by atoms with van der Waals surface area (Å²) in [6.45, 7) is 0. The van der Waals surface area contributed by atoms with Crippen molar-refractivity contribution in [2.45, 2.75) is 6.42 Å². The lowest BCUT2D eigenvalue weighted by molar-refractivity contribution is -0.115. The molecule has 0 saturated carbocycles. The maximum absolute atomic E-state index is 11.7. The highest BCUT2D eigenvalue weighted by Crippen LogP contribution is 2.10. The van der Waals surface area contributed by atoms with Crippen LogP contribution in [0.15, 0.2) is 41.3 Å². The molecule has 0 aliphatic rings. The lowest BCUT2D eigenvalue weighted by Crippen LogP contribution is -2.21. The van der Waals surface area contributed by atoms with Gasteiger partial charge in [0, 0.05) is 6.20 Å². The third kappa shape index (κ3) is 2.94. The molecule has 1 aromatic carbocycles. The molecular formula is C12H11N3O3. The second kappa shape index (κ2) is 5.13. The Morgan fingerprint density at radius 2 is 2.00 bits per heavy atom. The van der Waals surface area contributed by atoms with Crippen LogP contribution >= 0.6 is 0 Å². The van der Waals surface area contributed by atoms with Crippen molar-refractivity contribution in [1.82, 2.24) is 10.2 Å². The maximum atomic E-state index is 11.7. The lowest BCUT2D eigenvalue weighted by atomic mass is 10.1. The van der Waals surface area contributed by atoms with Crippen LogP contribution in [0, 0.1) is 0 Å². The molecule has 1 heterocycles. The molecule has 92 valence electrons. The van der Waals surface area contributed by atoms with Crippen molar-refractivity contribution in [3.05, 3.63) is 52.4 Å². The number of anilines is 1. The molecule has 0 atom stereocenters. The van der Waals surface area contributed by atoms with Crippen molar-refractivity contribution in [2.75, 3.05) is 5.32 Å². The third-order valence-electron chi connectivity index (χ3n) is 2.30. The zero-order valence-electron chi connectivity index (χ0n) is 9.38. The summed E-state index contributed by atoms with van der Waals surface area (Å²) < 4.78 is 0. The molecule has 0 radical (unpaired) electrons. The summed E-state index contributed by atoms with van der Waals surface area (Å²) in [6, 6.07) is 7.72. The van der Waals surface area contributed by atoms with E-state index in [0.29, 0.717) is 0 Å². The van der Waals surface area contributed by atoms with E-state index in [1.165, 1.54) is 24.4 Å². The minimum absolute atomic E-state index is 0.127. The first-order valence-electron chi connectivity index (χ1n) is 5.26. The van der Waals surface area contributed by atoms with Gasteiger partial charge in [0.15, 0.2) is 0 Å². The van der Waals surface area contributed by atoms with Crippen molar-refractivity contribution < 1.29 is 9.90 Å². The topological polar surface area (TPSA) is 95.1 Å². The Labute approximate surface area is 102 Å². The maximum Gasteiger partial charge on any atom is 0.287 e. The van der Waals surface area contributed by atoms with Crippen LogP contribution < -0.4 is 10.9 Å². The smallest absolute Gasteiger partial charge is 0.287 e. The Kier molecular flexibility index (Phi) is 3.38. The number of hydrogen-bond acceptors (Lipinski definition) is 4. The fraction of sp³-hybridized carbons (Fsp3) is 0.0833. The van der Waals surface area contributed by atoms with Gasteiger partial charge in [0.25, 0.3) is 5.56 Å². The van der Waals surface area contributed by atoms with E-state index in [0.717, 1.165) is 5.56 Å². The van der Waals surface area contributed by atoms with Crippen LogP contribution in [0.2, 0.25) is 0 Å². The van der Waals surface area contributed by atoms with Crippen LogP contribution in [0.25, 0.3) is 0 Å². The molecule has 1 amide bonds. The van der Waals surface area contributed by atoms with Crippen molar-refractivity contribution in [2.24, 2.45) is 0 Å². The Morgan fingerprint density at radius 3 is 2.67 bits per heavy atom. The van der Waals surface area contributed by atoms with Gasteiger partial charge in [-0.3, -0.25) is 9.59 Å². The average Bonchev–Trinajstić information content (AvgIpc) is 2.35. The van der Waals surface area contributed by atoms with Crippen LogP contribution in [0.1, 0.15) is 5.56 Å². The van der Waals surface area contributed by atoms with Gasteiger partial charge >= 0.3 is 0 Å². The van der Waals surface area contributed by atoms with E-state index in [1.807, 2.05) is 0 Å². The first kappa shape index (κ1) is 11.8. The van der Waals surface area contributed by atoms with Crippen LogP contribution in [0.4, 0.5) is 5.69 Å². The molecule has 0 fully saturated rings. The van der Waals surface area contributed by atoms with Crippen LogP contribution in [0.3, 0.4) is 0 Å². The Hall–Kier alpha value is -2.63. The summed E-state index contributed by atoms with van der Waals surface area (Å²) in [5.41, 5.74) is 0.459. The lowest BCUT2D eigenvalue weighted by Gasteiger charge is -2.04. The molecule has 3 N–H and O–H groups in total. The highest BCUT2D eigenvalue weighted by atomic mass is 16.3. The number of carbonyl (C=O) groups is 1. The van der Waals surface area contributed by atoms with Gasteiger partial charge < -0.3 is 10.4 Å². The predicted octanol–water partition coefficient (Wildman–Crippen LogP) is 0.657. The standard InChI is InChI=1S/C12H11N3O3/c16-9-3-1-8(2-4-9)7-11(17)14-10-5-6-13-15-12(10)18/h1-6,16H,7H2,(H,15,18)(H,13,14,17). The van der Waals surface area contributed by atoms with Crippen LogP contribution in [-0.2, 0) is 11.2 Å². The van der Waals surface area contributed by atoms with Crippen molar-refractivity contribution in [3.8, 4) is 5.75 Å².